The smallest absolute Gasteiger partial charge is 0.325 e. The second-order valence-corrected chi connectivity index (χ2v) is 10.6. The van der Waals surface area contributed by atoms with E-state index in [-0.39, 0.29) is 23.5 Å². The van der Waals surface area contributed by atoms with Crippen LogP contribution in [0.25, 0.3) is 0 Å². The summed E-state index contributed by atoms with van der Waals surface area (Å²) in [5, 5.41) is 3.06. The largest absolute Gasteiger partial charge is 0.381 e. The molecule has 1 unspecified atom stereocenters. The number of rotatable bonds is 6. The highest BCUT2D eigenvalue weighted by molar-refractivity contribution is 5.96. The van der Waals surface area contributed by atoms with Crippen LogP contribution in [0.15, 0.2) is 48.5 Å². The molecule has 4 saturated heterocycles. The lowest BCUT2D eigenvalue weighted by Gasteiger charge is -2.40. The fraction of sp³-hybridized carbons (Fsp3) is 0.500. The molecule has 0 bridgehead atoms. The first kappa shape index (κ1) is 24.4. The van der Waals surface area contributed by atoms with Gasteiger partial charge in [-0.05, 0) is 54.7 Å². The summed E-state index contributed by atoms with van der Waals surface area (Å²) >= 11 is 0. The number of hydrazine groups is 1. The lowest BCUT2D eigenvalue weighted by Crippen LogP contribution is -2.50. The first-order valence-electron chi connectivity index (χ1n) is 13.3. The number of amides is 3. The van der Waals surface area contributed by atoms with Crippen molar-refractivity contribution in [2.75, 3.05) is 51.0 Å². The second-order valence-electron chi connectivity index (χ2n) is 10.6. The molecule has 2 aromatic rings. The minimum absolute atomic E-state index is 0.0109. The molecule has 0 radical (unpaired) electrons. The summed E-state index contributed by atoms with van der Waals surface area (Å²) in [6.07, 6.45) is 2.44. The van der Waals surface area contributed by atoms with Crippen molar-refractivity contribution in [2.24, 2.45) is 0 Å². The lowest BCUT2D eigenvalue weighted by molar-refractivity contribution is 0.00611. The van der Waals surface area contributed by atoms with Gasteiger partial charge in [0.1, 0.15) is 0 Å². The molecule has 1 spiro atoms. The Morgan fingerprint density at radius 1 is 1.03 bits per heavy atom. The number of benzene rings is 2. The van der Waals surface area contributed by atoms with Gasteiger partial charge in [-0.25, -0.2) is 4.79 Å². The summed E-state index contributed by atoms with van der Waals surface area (Å²) in [5.41, 5.74) is 9.83. The van der Waals surface area contributed by atoms with Crippen LogP contribution in [-0.4, -0.2) is 74.5 Å². The minimum Gasteiger partial charge on any atom is -0.381 e. The molecule has 0 aromatic heterocycles. The first-order chi connectivity index (χ1) is 18.1. The van der Waals surface area contributed by atoms with Crippen LogP contribution in [0.1, 0.15) is 46.7 Å². The summed E-state index contributed by atoms with van der Waals surface area (Å²) in [4.78, 5) is 30.6. The van der Waals surface area contributed by atoms with Gasteiger partial charge in [0.05, 0.1) is 24.7 Å². The Morgan fingerprint density at radius 3 is 2.54 bits per heavy atom. The Bertz CT molecular complexity index is 1120. The summed E-state index contributed by atoms with van der Waals surface area (Å²) in [5.74, 6) is 0.340. The van der Waals surface area contributed by atoms with Gasteiger partial charge in [-0.3, -0.25) is 20.5 Å². The Balaban J connectivity index is 1.21. The molecule has 0 aliphatic carbocycles. The quantitative estimate of drug-likeness (QED) is 0.558. The van der Waals surface area contributed by atoms with E-state index in [1.165, 1.54) is 5.56 Å². The van der Waals surface area contributed by atoms with Crippen molar-refractivity contribution < 1.29 is 19.1 Å². The summed E-state index contributed by atoms with van der Waals surface area (Å²) in [6.45, 7) is 5.44. The van der Waals surface area contributed by atoms with E-state index in [2.05, 4.69) is 40.4 Å². The SMILES string of the molecule is O=C(NC1CCOC1)c1cccc(CN2C(=O)N(c3ccc(C4CNNC4)cc3)CC23CCOCC3)c1. The highest BCUT2D eigenvalue weighted by Gasteiger charge is 2.50. The third-order valence-electron chi connectivity index (χ3n) is 8.20. The number of anilines is 1. The highest BCUT2D eigenvalue weighted by Crippen LogP contribution is 2.39. The predicted octanol–water partition coefficient (Wildman–Crippen LogP) is 2.39. The topological polar surface area (TPSA) is 95.2 Å². The van der Waals surface area contributed by atoms with E-state index in [1.54, 1.807) is 0 Å². The molecule has 1 atom stereocenters. The van der Waals surface area contributed by atoms with Crippen molar-refractivity contribution in [2.45, 2.75) is 43.3 Å². The number of nitrogens with zero attached hydrogens (tertiary/aromatic N) is 2. The van der Waals surface area contributed by atoms with E-state index in [0.717, 1.165) is 43.6 Å². The van der Waals surface area contributed by atoms with Crippen molar-refractivity contribution in [3.63, 3.8) is 0 Å². The fourth-order valence-corrected chi connectivity index (χ4v) is 5.95. The van der Waals surface area contributed by atoms with E-state index >= 15 is 0 Å². The molecule has 9 nitrogen and oxygen atoms in total. The van der Waals surface area contributed by atoms with Crippen LogP contribution >= 0.6 is 0 Å². The van der Waals surface area contributed by atoms with Gasteiger partial charge in [-0.15, -0.1) is 0 Å². The molecule has 2 aromatic carbocycles. The average Bonchev–Trinajstić information content (AvgIpc) is 3.70. The monoisotopic (exact) mass is 505 g/mol. The maximum Gasteiger partial charge on any atom is 0.325 e. The maximum absolute atomic E-state index is 13.9. The number of carbonyl (C=O) groups is 2. The summed E-state index contributed by atoms with van der Waals surface area (Å²) < 4.78 is 11.1. The molecule has 37 heavy (non-hydrogen) atoms. The molecule has 196 valence electrons. The van der Waals surface area contributed by atoms with Crippen LogP contribution in [0.3, 0.4) is 0 Å². The zero-order valence-corrected chi connectivity index (χ0v) is 21.1. The third kappa shape index (κ3) is 4.96. The van der Waals surface area contributed by atoms with Crippen molar-refractivity contribution >= 4 is 17.6 Å². The zero-order valence-electron chi connectivity index (χ0n) is 21.1. The molecule has 3 N–H and O–H groups in total. The van der Waals surface area contributed by atoms with E-state index in [4.69, 9.17) is 9.47 Å². The van der Waals surface area contributed by atoms with E-state index in [0.29, 0.717) is 51.0 Å². The van der Waals surface area contributed by atoms with Crippen molar-refractivity contribution in [3.8, 4) is 0 Å². The maximum atomic E-state index is 13.9. The normalized spacial score (nSPS) is 23.8. The van der Waals surface area contributed by atoms with Crippen LogP contribution in [0.4, 0.5) is 10.5 Å². The standard InChI is InChI=1S/C28H35N5O4/c34-26(31-24-8-11-37-18-24)22-3-1-2-20(14-22)17-33-27(35)32(19-28(33)9-12-36-13-10-28)25-6-4-21(5-7-25)23-15-29-30-16-23/h1-7,14,23-24,29-30H,8-13,15-19H2,(H,31,34). The fourth-order valence-electron chi connectivity index (χ4n) is 5.95. The first-order valence-corrected chi connectivity index (χ1v) is 13.3. The third-order valence-corrected chi connectivity index (χ3v) is 8.20. The van der Waals surface area contributed by atoms with Crippen LogP contribution < -0.4 is 21.1 Å². The number of nitrogens with one attached hydrogen (secondary N) is 3. The van der Waals surface area contributed by atoms with Gasteiger partial charge in [0, 0.05) is 56.6 Å². The van der Waals surface area contributed by atoms with Gasteiger partial charge in [0.25, 0.3) is 5.91 Å². The van der Waals surface area contributed by atoms with E-state index in [1.807, 2.05) is 34.1 Å². The summed E-state index contributed by atoms with van der Waals surface area (Å²) in [7, 11) is 0. The predicted molar refractivity (Wildman–Crippen MR) is 139 cm³/mol. The van der Waals surface area contributed by atoms with Crippen molar-refractivity contribution in [3.05, 3.63) is 65.2 Å². The number of urea groups is 1. The van der Waals surface area contributed by atoms with Gasteiger partial charge in [-0.2, -0.15) is 0 Å². The Morgan fingerprint density at radius 2 is 1.81 bits per heavy atom. The molecule has 4 aliphatic heterocycles. The van der Waals surface area contributed by atoms with Crippen LogP contribution in [0.5, 0.6) is 0 Å². The van der Waals surface area contributed by atoms with Crippen LogP contribution in [0, 0.1) is 0 Å². The molecule has 4 aliphatic rings. The van der Waals surface area contributed by atoms with Crippen LogP contribution in [-0.2, 0) is 16.0 Å². The molecule has 6 rings (SSSR count). The van der Waals surface area contributed by atoms with Gasteiger partial charge < -0.3 is 19.7 Å². The number of hydrogen-bond acceptors (Lipinski definition) is 6. The number of ether oxygens (including phenoxy) is 2. The van der Waals surface area contributed by atoms with E-state index < -0.39 is 0 Å². The Hall–Kier alpha value is -2.98. The Labute approximate surface area is 217 Å². The van der Waals surface area contributed by atoms with Crippen molar-refractivity contribution in [1.82, 2.24) is 21.1 Å². The molecule has 4 fully saturated rings. The van der Waals surface area contributed by atoms with Gasteiger partial charge in [0.15, 0.2) is 0 Å². The number of carbonyl (C=O) groups excluding carboxylic acids is 2. The molecular weight excluding hydrogens is 470 g/mol. The molecule has 9 heteroatoms. The minimum atomic E-state index is -0.285. The van der Waals surface area contributed by atoms with Gasteiger partial charge in [0.2, 0.25) is 0 Å². The highest BCUT2D eigenvalue weighted by atomic mass is 16.5. The Kier molecular flexibility index (Phi) is 6.86. The van der Waals surface area contributed by atoms with Gasteiger partial charge >= 0.3 is 6.03 Å². The summed E-state index contributed by atoms with van der Waals surface area (Å²) in [6, 6.07) is 16.1. The second kappa shape index (κ2) is 10.4. The average molecular weight is 506 g/mol. The molecule has 3 amide bonds. The number of hydrogen-bond donors (Lipinski definition) is 3. The molecular formula is C28H35N5O4. The molecule has 0 saturated carbocycles. The lowest BCUT2D eigenvalue weighted by atomic mass is 9.88. The van der Waals surface area contributed by atoms with Gasteiger partial charge in [-0.1, -0.05) is 24.3 Å². The molecule has 4 heterocycles. The zero-order chi connectivity index (χ0) is 25.2. The van der Waals surface area contributed by atoms with Crippen molar-refractivity contribution in [1.29, 1.82) is 0 Å². The van der Waals surface area contributed by atoms with E-state index in [9.17, 15) is 9.59 Å². The van der Waals surface area contributed by atoms with Crippen LogP contribution in [0.2, 0.25) is 0 Å².